The highest BCUT2D eigenvalue weighted by Gasteiger charge is 2.33. The van der Waals surface area contributed by atoms with E-state index in [-0.39, 0.29) is 29.6 Å². The van der Waals surface area contributed by atoms with Crippen LogP contribution in [0.2, 0.25) is 0 Å². The Kier molecular flexibility index (Phi) is 6.89. The number of hydrogen-bond acceptors (Lipinski definition) is 4. The van der Waals surface area contributed by atoms with Crippen molar-refractivity contribution < 1.29 is 17.9 Å². The number of benzene rings is 1. The third-order valence-electron chi connectivity index (χ3n) is 5.62. The van der Waals surface area contributed by atoms with Gasteiger partial charge in [0.05, 0.1) is 17.8 Å². The predicted molar refractivity (Wildman–Crippen MR) is 105 cm³/mol. The van der Waals surface area contributed by atoms with Gasteiger partial charge >= 0.3 is 0 Å². The molecule has 1 amide bonds. The fourth-order valence-corrected chi connectivity index (χ4v) is 5.21. The molecular weight excluding hydrogens is 364 g/mol. The van der Waals surface area contributed by atoms with E-state index in [9.17, 15) is 13.2 Å². The highest BCUT2D eigenvalue weighted by molar-refractivity contribution is 7.89. The summed E-state index contributed by atoms with van der Waals surface area (Å²) in [4.78, 5) is 12.7. The third kappa shape index (κ3) is 5.09. The van der Waals surface area contributed by atoms with Crippen molar-refractivity contribution in [3.05, 3.63) is 35.9 Å². The first kappa shape index (κ1) is 20.3. The molecule has 3 unspecified atom stereocenters. The number of rotatable bonds is 6. The maximum Gasteiger partial charge on any atom is 0.224 e. The van der Waals surface area contributed by atoms with E-state index >= 15 is 0 Å². The maximum absolute atomic E-state index is 12.7. The number of carbonyl (C=O) groups is 1. The van der Waals surface area contributed by atoms with E-state index in [0.717, 1.165) is 37.9 Å². The molecule has 0 radical (unpaired) electrons. The number of hydrogen-bond donors (Lipinski definition) is 1. The Bertz CT molecular complexity index is 723. The minimum Gasteiger partial charge on any atom is -0.373 e. The Hall–Kier alpha value is -1.44. The van der Waals surface area contributed by atoms with Gasteiger partial charge in [-0.25, -0.2) is 12.7 Å². The molecule has 2 saturated heterocycles. The Morgan fingerprint density at radius 3 is 2.74 bits per heavy atom. The molecule has 1 aromatic carbocycles. The largest absolute Gasteiger partial charge is 0.373 e. The first-order chi connectivity index (χ1) is 13.0. The van der Waals surface area contributed by atoms with Crippen LogP contribution in [0.15, 0.2) is 30.3 Å². The lowest BCUT2D eigenvalue weighted by Crippen LogP contribution is -2.47. The minimum absolute atomic E-state index is 0.00331. The van der Waals surface area contributed by atoms with Gasteiger partial charge in [0.15, 0.2) is 0 Å². The quantitative estimate of drug-likeness (QED) is 0.803. The molecule has 1 N–H and O–H groups in total. The van der Waals surface area contributed by atoms with E-state index in [0.29, 0.717) is 19.6 Å². The van der Waals surface area contributed by atoms with Crippen molar-refractivity contribution in [2.24, 2.45) is 11.8 Å². The second-order valence-electron chi connectivity index (χ2n) is 7.45. The smallest absolute Gasteiger partial charge is 0.224 e. The molecule has 0 aliphatic carbocycles. The number of nitrogens with zero attached hydrogens (tertiary/aromatic N) is 1. The fourth-order valence-electron chi connectivity index (χ4n) is 4.03. The van der Waals surface area contributed by atoms with Crippen LogP contribution in [0.1, 0.15) is 44.3 Å². The van der Waals surface area contributed by atoms with Crippen LogP contribution in [-0.4, -0.2) is 50.6 Å². The number of carbonyl (C=O) groups excluding carboxylic acids is 1. The molecule has 27 heavy (non-hydrogen) atoms. The van der Waals surface area contributed by atoms with Gasteiger partial charge in [0.1, 0.15) is 0 Å². The van der Waals surface area contributed by atoms with Gasteiger partial charge in [0.25, 0.3) is 0 Å². The molecule has 0 saturated carbocycles. The Morgan fingerprint density at radius 2 is 2.00 bits per heavy atom. The molecule has 3 rings (SSSR count). The third-order valence-corrected chi connectivity index (χ3v) is 7.47. The van der Waals surface area contributed by atoms with Gasteiger partial charge in [-0.3, -0.25) is 4.79 Å². The molecule has 2 heterocycles. The Balaban J connectivity index is 1.57. The number of piperidine rings is 1. The lowest BCUT2D eigenvalue weighted by atomic mass is 9.89. The number of ether oxygens (including phenoxy) is 1. The second kappa shape index (κ2) is 9.17. The highest BCUT2D eigenvalue weighted by atomic mass is 32.2. The van der Waals surface area contributed by atoms with E-state index in [1.54, 1.807) is 6.92 Å². The van der Waals surface area contributed by atoms with E-state index < -0.39 is 10.0 Å². The average Bonchev–Trinajstić information content (AvgIpc) is 2.73. The lowest BCUT2D eigenvalue weighted by Gasteiger charge is -2.34. The van der Waals surface area contributed by atoms with Crippen LogP contribution >= 0.6 is 0 Å². The predicted octanol–water partition coefficient (Wildman–Crippen LogP) is 2.33. The van der Waals surface area contributed by atoms with Crippen molar-refractivity contribution >= 4 is 15.9 Å². The van der Waals surface area contributed by atoms with E-state index in [2.05, 4.69) is 17.4 Å². The average molecular weight is 395 g/mol. The zero-order valence-corrected chi connectivity index (χ0v) is 16.8. The van der Waals surface area contributed by atoms with Gasteiger partial charge in [0, 0.05) is 32.2 Å². The summed E-state index contributed by atoms with van der Waals surface area (Å²) in [5.74, 6) is 0.0202. The normalized spacial score (nSPS) is 27.2. The first-order valence-corrected chi connectivity index (χ1v) is 11.5. The SMILES string of the molecule is CCS(=O)(=O)N1CCCC(C(=O)NCC2CCCOC2c2ccccc2)C1. The van der Waals surface area contributed by atoms with Crippen LogP contribution in [0.3, 0.4) is 0 Å². The molecule has 7 heteroatoms. The Morgan fingerprint density at radius 1 is 1.22 bits per heavy atom. The molecule has 0 aromatic heterocycles. The zero-order valence-electron chi connectivity index (χ0n) is 16.0. The topological polar surface area (TPSA) is 75.7 Å². The summed E-state index contributed by atoms with van der Waals surface area (Å²) < 4.78 is 31.7. The van der Waals surface area contributed by atoms with Crippen LogP contribution in [0.5, 0.6) is 0 Å². The van der Waals surface area contributed by atoms with Crippen molar-refractivity contribution in [2.75, 3.05) is 32.0 Å². The summed E-state index contributed by atoms with van der Waals surface area (Å²) >= 11 is 0. The minimum atomic E-state index is -3.23. The van der Waals surface area contributed by atoms with E-state index in [1.807, 2.05) is 18.2 Å². The van der Waals surface area contributed by atoms with Crippen LogP contribution in [0, 0.1) is 11.8 Å². The van der Waals surface area contributed by atoms with Crippen LogP contribution < -0.4 is 5.32 Å². The van der Waals surface area contributed by atoms with Gasteiger partial charge in [-0.1, -0.05) is 30.3 Å². The zero-order chi connectivity index (χ0) is 19.3. The standard InChI is InChI=1S/C20H30N2O4S/c1-2-27(24,25)22-12-6-10-18(15-22)20(23)21-14-17-11-7-13-26-19(17)16-8-4-3-5-9-16/h3-5,8-9,17-19H,2,6-7,10-15H2,1H3,(H,21,23). The van der Waals surface area contributed by atoms with Gasteiger partial charge < -0.3 is 10.1 Å². The van der Waals surface area contributed by atoms with Gasteiger partial charge in [0.2, 0.25) is 15.9 Å². The molecule has 1 aromatic rings. The van der Waals surface area contributed by atoms with Crippen LogP contribution in [0.4, 0.5) is 0 Å². The molecule has 0 bridgehead atoms. The second-order valence-corrected chi connectivity index (χ2v) is 9.70. The van der Waals surface area contributed by atoms with Gasteiger partial charge in [-0.05, 0) is 38.2 Å². The number of amides is 1. The summed E-state index contributed by atoms with van der Waals surface area (Å²) in [5, 5.41) is 3.07. The molecule has 6 nitrogen and oxygen atoms in total. The first-order valence-electron chi connectivity index (χ1n) is 9.93. The number of nitrogens with one attached hydrogen (secondary N) is 1. The summed E-state index contributed by atoms with van der Waals surface area (Å²) in [6.07, 6.45) is 3.49. The van der Waals surface area contributed by atoms with Crippen molar-refractivity contribution in [3.63, 3.8) is 0 Å². The Labute approximate surface area is 162 Å². The molecule has 2 aliphatic rings. The van der Waals surface area contributed by atoms with E-state index in [4.69, 9.17) is 4.74 Å². The van der Waals surface area contributed by atoms with Gasteiger partial charge in [-0.15, -0.1) is 0 Å². The summed E-state index contributed by atoms with van der Waals surface area (Å²) in [5.41, 5.74) is 1.15. The summed E-state index contributed by atoms with van der Waals surface area (Å²) in [6, 6.07) is 10.1. The van der Waals surface area contributed by atoms with Crippen molar-refractivity contribution in [2.45, 2.75) is 38.7 Å². The van der Waals surface area contributed by atoms with Gasteiger partial charge in [-0.2, -0.15) is 0 Å². The molecule has 0 spiro atoms. The molecule has 2 fully saturated rings. The monoisotopic (exact) mass is 394 g/mol. The number of sulfonamides is 1. The lowest BCUT2D eigenvalue weighted by molar-refractivity contribution is -0.126. The van der Waals surface area contributed by atoms with Crippen LogP contribution in [0.25, 0.3) is 0 Å². The van der Waals surface area contributed by atoms with Crippen molar-refractivity contribution in [3.8, 4) is 0 Å². The molecule has 150 valence electrons. The van der Waals surface area contributed by atoms with Crippen molar-refractivity contribution in [1.29, 1.82) is 0 Å². The molecular formula is C20H30N2O4S. The molecule has 2 aliphatic heterocycles. The van der Waals surface area contributed by atoms with Crippen LogP contribution in [-0.2, 0) is 19.6 Å². The summed E-state index contributed by atoms with van der Waals surface area (Å²) in [6.45, 7) is 3.77. The van der Waals surface area contributed by atoms with Crippen molar-refractivity contribution in [1.82, 2.24) is 9.62 Å². The van der Waals surface area contributed by atoms with E-state index in [1.165, 1.54) is 4.31 Å². The maximum atomic E-state index is 12.7. The molecule has 3 atom stereocenters. The fraction of sp³-hybridized carbons (Fsp3) is 0.650. The highest BCUT2D eigenvalue weighted by Crippen LogP contribution is 2.33. The summed E-state index contributed by atoms with van der Waals surface area (Å²) in [7, 11) is -3.23.